The molecular formula is C51H32N4S. The lowest BCUT2D eigenvalue weighted by molar-refractivity contribution is 1.07. The van der Waals surface area contributed by atoms with E-state index < -0.39 is 0 Å². The maximum Gasteiger partial charge on any atom is 0.164 e. The number of hydrogen-bond donors (Lipinski definition) is 0. The Kier molecular flexibility index (Phi) is 7.64. The van der Waals surface area contributed by atoms with E-state index in [0.717, 1.165) is 44.6 Å². The number of para-hydroxylation sites is 1. The number of aromatic nitrogens is 4. The molecule has 11 aromatic rings. The second kappa shape index (κ2) is 13.3. The molecule has 11 rings (SSSR count). The van der Waals surface area contributed by atoms with Crippen molar-refractivity contribution in [3.05, 3.63) is 194 Å². The zero-order valence-electron chi connectivity index (χ0n) is 30.2. The summed E-state index contributed by atoms with van der Waals surface area (Å²) in [6.07, 6.45) is 0. The highest BCUT2D eigenvalue weighted by Crippen LogP contribution is 2.44. The van der Waals surface area contributed by atoms with Gasteiger partial charge in [-0.2, -0.15) is 0 Å². The highest BCUT2D eigenvalue weighted by Gasteiger charge is 2.19. The number of fused-ring (bicyclic) bond motifs is 7. The van der Waals surface area contributed by atoms with Gasteiger partial charge in [0.1, 0.15) is 0 Å². The first-order valence-electron chi connectivity index (χ1n) is 18.8. The molecule has 0 fully saturated rings. The van der Waals surface area contributed by atoms with Gasteiger partial charge in [-0.05, 0) is 76.9 Å². The molecule has 0 saturated carbocycles. The molecule has 56 heavy (non-hydrogen) atoms. The summed E-state index contributed by atoms with van der Waals surface area (Å²) in [4.78, 5) is 15.2. The van der Waals surface area contributed by atoms with Crippen molar-refractivity contribution in [1.29, 1.82) is 0 Å². The third-order valence-corrected chi connectivity index (χ3v) is 11.7. The van der Waals surface area contributed by atoms with E-state index in [0.29, 0.717) is 17.5 Å². The largest absolute Gasteiger partial charge is 0.309 e. The molecule has 0 saturated heterocycles. The number of thiophene rings is 1. The van der Waals surface area contributed by atoms with Gasteiger partial charge in [0.05, 0.1) is 11.0 Å². The minimum absolute atomic E-state index is 0.627. The summed E-state index contributed by atoms with van der Waals surface area (Å²) in [7, 11) is 0. The maximum atomic E-state index is 5.11. The van der Waals surface area contributed by atoms with Gasteiger partial charge in [-0.15, -0.1) is 11.3 Å². The molecule has 0 aliphatic heterocycles. The molecule has 0 aliphatic carbocycles. The fourth-order valence-electron chi connectivity index (χ4n) is 8.04. The molecule has 0 atom stereocenters. The van der Waals surface area contributed by atoms with Crippen molar-refractivity contribution in [3.8, 4) is 62.1 Å². The monoisotopic (exact) mass is 732 g/mol. The summed E-state index contributed by atoms with van der Waals surface area (Å²) in [5.74, 6) is 1.91. The van der Waals surface area contributed by atoms with Crippen molar-refractivity contribution >= 4 is 53.3 Å². The molecule has 3 heterocycles. The molecule has 4 nitrogen and oxygen atoms in total. The van der Waals surface area contributed by atoms with Crippen molar-refractivity contribution in [2.45, 2.75) is 0 Å². The number of rotatable bonds is 6. The first kappa shape index (κ1) is 32.2. The van der Waals surface area contributed by atoms with Gasteiger partial charge in [0.15, 0.2) is 17.5 Å². The van der Waals surface area contributed by atoms with E-state index in [-0.39, 0.29) is 0 Å². The van der Waals surface area contributed by atoms with Gasteiger partial charge in [0.2, 0.25) is 0 Å². The third-order valence-electron chi connectivity index (χ3n) is 10.6. The molecular weight excluding hydrogens is 701 g/mol. The fourth-order valence-corrected chi connectivity index (χ4v) is 9.15. The van der Waals surface area contributed by atoms with Gasteiger partial charge in [0, 0.05) is 53.3 Å². The second-order valence-electron chi connectivity index (χ2n) is 14.0. The number of hydrogen-bond acceptors (Lipinski definition) is 4. The Balaban J connectivity index is 1.12. The average molecular weight is 733 g/mol. The standard InChI is InChI=1S/C51H32N4S/c1-4-15-33(16-5-1)37-29-38(31-39(30-37)51-53-49(34-17-6-2-7-18-34)52-50(54-51)35-19-8-3-9-20-35)36-21-14-22-40(32-36)55-43-25-12-10-23-41(43)47-44(55)27-28-46-48(47)42-24-11-13-26-45(42)56-46/h1-32H. The Hall–Kier alpha value is -7.21. The van der Waals surface area contributed by atoms with Crippen LogP contribution in [-0.2, 0) is 0 Å². The van der Waals surface area contributed by atoms with Crippen LogP contribution in [-0.4, -0.2) is 19.5 Å². The minimum Gasteiger partial charge on any atom is -0.309 e. The van der Waals surface area contributed by atoms with Crippen LogP contribution in [0.2, 0.25) is 0 Å². The van der Waals surface area contributed by atoms with Crippen LogP contribution < -0.4 is 0 Å². The van der Waals surface area contributed by atoms with Gasteiger partial charge in [-0.3, -0.25) is 0 Å². The predicted molar refractivity (Wildman–Crippen MR) is 234 cm³/mol. The van der Waals surface area contributed by atoms with Crippen LogP contribution >= 0.6 is 11.3 Å². The van der Waals surface area contributed by atoms with Gasteiger partial charge in [-0.25, -0.2) is 15.0 Å². The molecule has 5 heteroatoms. The molecule has 0 radical (unpaired) electrons. The minimum atomic E-state index is 0.627. The molecule has 3 aromatic heterocycles. The molecule has 0 N–H and O–H groups in total. The lowest BCUT2D eigenvalue weighted by Crippen LogP contribution is -2.00. The molecule has 0 unspecified atom stereocenters. The van der Waals surface area contributed by atoms with Gasteiger partial charge in [0.25, 0.3) is 0 Å². The van der Waals surface area contributed by atoms with E-state index in [4.69, 9.17) is 15.0 Å². The van der Waals surface area contributed by atoms with Crippen LogP contribution in [0.4, 0.5) is 0 Å². The molecule has 8 aromatic carbocycles. The predicted octanol–water partition coefficient (Wildman–Crippen LogP) is 13.7. The molecule has 0 spiro atoms. The number of benzene rings is 8. The average Bonchev–Trinajstić information content (AvgIpc) is 3.83. The van der Waals surface area contributed by atoms with Crippen LogP contribution in [0.3, 0.4) is 0 Å². The van der Waals surface area contributed by atoms with Crippen LogP contribution in [0, 0.1) is 0 Å². The zero-order valence-corrected chi connectivity index (χ0v) is 31.0. The topological polar surface area (TPSA) is 43.6 Å². The third kappa shape index (κ3) is 5.48. The highest BCUT2D eigenvalue weighted by molar-refractivity contribution is 7.26. The Morgan fingerprint density at radius 2 is 0.857 bits per heavy atom. The molecule has 0 bridgehead atoms. The van der Waals surface area contributed by atoms with Crippen LogP contribution in [0.15, 0.2) is 194 Å². The van der Waals surface area contributed by atoms with Crippen LogP contribution in [0.5, 0.6) is 0 Å². The summed E-state index contributed by atoms with van der Waals surface area (Å²) < 4.78 is 5.05. The first-order valence-corrected chi connectivity index (χ1v) is 19.6. The fraction of sp³-hybridized carbons (Fsp3) is 0. The first-order chi connectivity index (χ1) is 27.7. The van der Waals surface area contributed by atoms with Crippen LogP contribution in [0.25, 0.3) is 104 Å². The molecule has 0 aliphatic rings. The summed E-state index contributed by atoms with van der Waals surface area (Å²) in [5, 5.41) is 5.20. The Morgan fingerprint density at radius 3 is 1.55 bits per heavy atom. The highest BCUT2D eigenvalue weighted by atomic mass is 32.1. The van der Waals surface area contributed by atoms with Gasteiger partial charge >= 0.3 is 0 Å². The molecule has 262 valence electrons. The summed E-state index contributed by atoms with van der Waals surface area (Å²) in [6.45, 7) is 0. The van der Waals surface area contributed by atoms with E-state index in [1.54, 1.807) is 0 Å². The lowest BCUT2D eigenvalue weighted by atomic mass is 9.95. The zero-order chi connectivity index (χ0) is 37.0. The SMILES string of the molecule is c1ccc(-c2cc(-c3cccc(-n4c5ccccc5c5c6c(ccc54)sc4ccccc46)c3)cc(-c3nc(-c4ccccc4)nc(-c4ccccc4)n3)c2)cc1. The van der Waals surface area contributed by atoms with Gasteiger partial charge in [-0.1, -0.05) is 140 Å². The van der Waals surface area contributed by atoms with Crippen molar-refractivity contribution in [2.75, 3.05) is 0 Å². The van der Waals surface area contributed by atoms with Crippen molar-refractivity contribution in [1.82, 2.24) is 19.5 Å². The Labute approximate surface area is 327 Å². The van der Waals surface area contributed by atoms with Crippen molar-refractivity contribution in [2.24, 2.45) is 0 Å². The Bertz CT molecular complexity index is 3180. The molecule has 0 amide bonds. The quantitative estimate of drug-likeness (QED) is 0.171. The van der Waals surface area contributed by atoms with E-state index in [9.17, 15) is 0 Å². The van der Waals surface area contributed by atoms with E-state index in [2.05, 4.69) is 138 Å². The van der Waals surface area contributed by atoms with E-state index >= 15 is 0 Å². The van der Waals surface area contributed by atoms with Crippen LogP contribution in [0.1, 0.15) is 0 Å². The summed E-state index contributed by atoms with van der Waals surface area (Å²) in [6, 6.07) is 68.6. The van der Waals surface area contributed by atoms with E-state index in [1.165, 1.54) is 42.0 Å². The van der Waals surface area contributed by atoms with Crippen molar-refractivity contribution < 1.29 is 0 Å². The second-order valence-corrected chi connectivity index (χ2v) is 15.1. The smallest absolute Gasteiger partial charge is 0.164 e. The number of nitrogens with zero attached hydrogens (tertiary/aromatic N) is 4. The lowest BCUT2D eigenvalue weighted by Gasteiger charge is -2.14. The van der Waals surface area contributed by atoms with Gasteiger partial charge < -0.3 is 4.57 Å². The summed E-state index contributed by atoms with van der Waals surface area (Å²) >= 11 is 1.86. The van der Waals surface area contributed by atoms with Crippen molar-refractivity contribution in [3.63, 3.8) is 0 Å². The summed E-state index contributed by atoms with van der Waals surface area (Å²) in [5.41, 5.74) is 10.7. The normalized spacial score (nSPS) is 11.6. The maximum absolute atomic E-state index is 5.11. The Morgan fingerprint density at radius 1 is 0.321 bits per heavy atom. The van der Waals surface area contributed by atoms with E-state index in [1.807, 2.05) is 72.0 Å².